The summed E-state index contributed by atoms with van der Waals surface area (Å²) in [6, 6.07) is 0.623. The summed E-state index contributed by atoms with van der Waals surface area (Å²) in [6.07, 6.45) is 6.45. The second-order valence-corrected chi connectivity index (χ2v) is 4.50. The maximum atomic E-state index is 3.71. The Morgan fingerprint density at radius 2 is 2.17 bits per heavy atom. The van der Waals surface area contributed by atoms with Crippen LogP contribution in [0.25, 0.3) is 0 Å². The summed E-state index contributed by atoms with van der Waals surface area (Å²) in [6.45, 7) is 9.30. The van der Waals surface area contributed by atoms with Gasteiger partial charge in [0.25, 0.3) is 0 Å². The minimum Gasteiger partial charge on any atom is -0.313 e. The minimum atomic E-state index is 0.623. The van der Waals surface area contributed by atoms with E-state index < -0.39 is 0 Å². The molecule has 0 saturated heterocycles. The molecule has 0 rings (SSSR count). The first-order chi connectivity index (χ1) is 5.70. The van der Waals surface area contributed by atoms with E-state index in [-0.39, 0.29) is 0 Å². The maximum Gasteiger partial charge on any atom is 0.0141 e. The molecule has 2 heteroatoms. The van der Waals surface area contributed by atoms with E-state index in [2.05, 4.69) is 32.0 Å². The lowest BCUT2D eigenvalue weighted by Crippen LogP contribution is -2.31. The van der Waals surface area contributed by atoms with Crippen LogP contribution in [0.2, 0.25) is 0 Å². The second kappa shape index (κ2) is 7.69. The van der Waals surface area contributed by atoms with Crippen LogP contribution in [0.5, 0.6) is 0 Å². The molecule has 72 valence electrons. The minimum absolute atomic E-state index is 0.623. The van der Waals surface area contributed by atoms with Crippen molar-refractivity contribution in [3.05, 3.63) is 12.7 Å². The van der Waals surface area contributed by atoms with Gasteiger partial charge >= 0.3 is 0 Å². The summed E-state index contributed by atoms with van der Waals surface area (Å²) in [5, 5.41) is 4.22. The Morgan fingerprint density at radius 3 is 2.67 bits per heavy atom. The van der Waals surface area contributed by atoms with Gasteiger partial charge < -0.3 is 5.32 Å². The molecule has 2 atom stereocenters. The van der Waals surface area contributed by atoms with Crippen LogP contribution < -0.4 is 5.32 Å². The van der Waals surface area contributed by atoms with Gasteiger partial charge in [-0.2, -0.15) is 11.8 Å². The van der Waals surface area contributed by atoms with E-state index in [1.807, 2.05) is 17.8 Å². The SMILES string of the molecule is C=CCCC(C)NCC(C)SC. The molecule has 1 N–H and O–H groups in total. The molecule has 0 fully saturated rings. The number of hydrogen-bond acceptors (Lipinski definition) is 2. The quantitative estimate of drug-likeness (QED) is 0.615. The molecule has 0 aliphatic rings. The first-order valence-corrected chi connectivity index (χ1v) is 5.86. The first kappa shape index (κ1) is 12.0. The number of allylic oxidation sites excluding steroid dienone is 1. The molecule has 0 amide bonds. The number of thioether (sulfide) groups is 1. The van der Waals surface area contributed by atoms with Crippen molar-refractivity contribution in [1.29, 1.82) is 0 Å². The molecule has 1 nitrogen and oxygen atoms in total. The summed E-state index contributed by atoms with van der Waals surface area (Å²) >= 11 is 1.91. The van der Waals surface area contributed by atoms with E-state index >= 15 is 0 Å². The van der Waals surface area contributed by atoms with E-state index in [9.17, 15) is 0 Å². The fraction of sp³-hybridized carbons (Fsp3) is 0.800. The third-order valence-corrected chi connectivity index (χ3v) is 2.93. The van der Waals surface area contributed by atoms with Crippen molar-refractivity contribution in [1.82, 2.24) is 5.32 Å². The van der Waals surface area contributed by atoms with Crippen molar-refractivity contribution in [2.24, 2.45) is 0 Å². The smallest absolute Gasteiger partial charge is 0.0141 e. The summed E-state index contributed by atoms with van der Waals surface area (Å²) in [7, 11) is 0. The molecule has 0 heterocycles. The van der Waals surface area contributed by atoms with Gasteiger partial charge in [0.15, 0.2) is 0 Å². The van der Waals surface area contributed by atoms with Crippen LogP contribution in [0.3, 0.4) is 0 Å². The van der Waals surface area contributed by atoms with Gasteiger partial charge in [-0.25, -0.2) is 0 Å². The zero-order chi connectivity index (χ0) is 9.40. The van der Waals surface area contributed by atoms with E-state index in [1.165, 1.54) is 6.42 Å². The Kier molecular flexibility index (Phi) is 7.72. The van der Waals surface area contributed by atoms with E-state index in [0.717, 1.165) is 18.2 Å². The third kappa shape index (κ3) is 6.74. The van der Waals surface area contributed by atoms with Crippen LogP contribution >= 0.6 is 11.8 Å². The zero-order valence-electron chi connectivity index (χ0n) is 8.47. The average Bonchev–Trinajstić information content (AvgIpc) is 2.10. The Morgan fingerprint density at radius 1 is 1.50 bits per heavy atom. The largest absolute Gasteiger partial charge is 0.313 e. The molecule has 0 radical (unpaired) electrons. The van der Waals surface area contributed by atoms with Crippen LogP contribution in [0, 0.1) is 0 Å². The summed E-state index contributed by atoms with van der Waals surface area (Å²) in [5.41, 5.74) is 0. The number of rotatable bonds is 7. The first-order valence-electron chi connectivity index (χ1n) is 4.57. The topological polar surface area (TPSA) is 12.0 Å². The molecule has 0 spiro atoms. The molecule has 0 aromatic heterocycles. The molecule has 0 aromatic rings. The molecular weight excluding hydrogens is 166 g/mol. The average molecular weight is 187 g/mol. The fourth-order valence-corrected chi connectivity index (χ4v) is 1.18. The molecule has 0 bridgehead atoms. The Labute approximate surface area is 81.0 Å². The van der Waals surface area contributed by atoms with Gasteiger partial charge in [0.2, 0.25) is 0 Å². The van der Waals surface area contributed by atoms with E-state index in [0.29, 0.717) is 6.04 Å². The summed E-state index contributed by atoms with van der Waals surface area (Å²) in [4.78, 5) is 0. The van der Waals surface area contributed by atoms with Crippen LogP contribution in [0.15, 0.2) is 12.7 Å². The van der Waals surface area contributed by atoms with Gasteiger partial charge in [0.1, 0.15) is 0 Å². The molecular formula is C10H21NS. The Bertz CT molecular complexity index is 114. The van der Waals surface area contributed by atoms with Crippen LogP contribution in [0.4, 0.5) is 0 Å². The highest BCUT2D eigenvalue weighted by atomic mass is 32.2. The van der Waals surface area contributed by atoms with Gasteiger partial charge in [-0.15, -0.1) is 6.58 Å². The van der Waals surface area contributed by atoms with Crippen molar-refractivity contribution >= 4 is 11.8 Å². The molecule has 0 saturated carbocycles. The lowest BCUT2D eigenvalue weighted by atomic mass is 10.2. The van der Waals surface area contributed by atoms with Crippen molar-refractivity contribution in [3.8, 4) is 0 Å². The molecule has 2 unspecified atom stereocenters. The van der Waals surface area contributed by atoms with Crippen molar-refractivity contribution in [3.63, 3.8) is 0 Å². The third-order valence-electron chi connectivity index (χ3n) is 1.96. The van der Waals surface area contributed by atoms with E-state index in [4.69, 9.17) is 0 Å². The lowest BCUT2D eigenvalue weighted by molar-refractivity contribution is 0.521. The fourth-order valence-electron chi connectivity index (χ4n) is 0.920. The summed E-state index contributed by atoms with van der Waals surface area (Å²) in [5.74, 6) is 0. The maximum absolute atomic E-state index is 3.71. The summed E-state index contributed by atoms with van der Waals surface area (Å²) < 4.78 is 0. The Balaban J connectivity index is 3.29. The van der Waals surface area contributed by atoms with Gasteiger partial charge in [-0.3, -0.25) is 0 Å². The zero-order valence-corrected chi connectivity index (χ0v) is 9.29. The van der Waals surface area contributed by atoms with Crippen LogP contribution in [0.1, 0.15) is 26.7 Å². The van der Waals surface area contributed by atoms with E-state index in [1.54, 1.807) is 0 Å². The van der Waals surface area contributed by atoms with Crippen LogP contribution in [-0.2, 0) is 0 Å². The highest BCUT2D eigenvalue weighted by Gasteiger charge is 2.02. The molecule has 0 aromatic carbocycles. The highest BCUT2D eigenvalue weighted by molar-refractivity contribution is 7.99. The second-order valence-electron chi connectivity index (χ2n) is 3.22. The van der Waals surface area contributed by atoms with Gasteiger partial charge in [-0.05, 0) is 26.0 Å². The molecule has 12 heavy (non-hydrogen) atoms. The van der Waals surface area contributed by atoms with Crippen molar-refractivity contribution in [2.75, 3.05) is 12.8 Å². The Hall–Kier alpha value is 0.0500. The lowest BCUT2D eigenvalue weighted by Gasteiger charge is -2.15. The predicted molar refractivity (Wildman–Crippen MR) is 59.9 cm³/mol. The van der Waals surface area contributed by atoms with Crippen molar-refractivity contribution in [2.45, 2.75) is 38.0 Å². The number of hydrogen-bond donors (Lipinski definition) is 1. The predicted octanol–water partition coefficient (Wildman–Crippen LogP) is 2.68. The van der Waals surface area contributed by atoms with Gasteiger partial charge in [0.05, 0.1) is 0 Å². The molecule has 0 aliphatic heterocycles. The molecule has 0 aliphatic carbocycles. The highest BCUT2D eigenvalue weighted by Crippen LogP contribution is 2.04. The van der Waals surface area contributed by atoms with Crippen LogP contribution in [-0.4, -0.2) is 24.1 Å². The van der Waals surface area contributed by atoms with Crippen molar-refractivity contribution < 1.29 is 0 Å². The monoisotopic (exact) mass is 187 g/mol. The standard InChI is InChI=1S/C10H21NS/c1-5-6-7-9(2)11-8-10(3)12-4/h5,9-11H,1,6-8H2,2-4H3. The van der Waals surface area contributed by atoms with Gasteiger partial charge in [0, 0.05) is 17.8 Å². The number of nitrogens with one attached hydrogen (secondary N) is 1. The normalized spacial score (nSPS) is 15.6. The van der Waals surface area contributed by atoms with Gasteiger partial charge in [-0.1, -0.05) is 13.0 Å².